The number of nitrogens with two attached hydrogens (primary N) is 1. The molecule has 2 aromatic heterocycles. The predicted molar refractivity (Wildman–Crippen MR) is 87.6 cm³/mol. The van der Waals surface area contributed by atoms with Gasteiger partial charge in [-0.15, -0.1) is 0 Å². The third kappa shape index (κ3) is 5.69. The summed E-state index contributed by atoms with van der Waals surface area (Å²) in [6.45, 7) is 2.23. The highest BCUT2D eigenvalue weighted by Crippen LogP contribution is 2.27. The van der Waals surface area contributed by atoms with Gasteiger partial charge in [-0.25, -0.2) is 4.98 Å². The van der Waals surface area contributed by atoms with Crippen LogP contribution in [0.2, 0.25) is 0 Å². The molecule has 5 nitrogen and oxygen atoms in total. The lowest BCUT2D eigenvalue weighted by Gasteiger charge is -2.09. The average molecular weight is 339 g/mol. The van der Waals surface area contributed by atoms with E-state index in [2.05, 4.69) is 20.6 Å². The summed E-state index contributed by atoms with van der Waals surface area (Å²) < 4.78 is 37.2. The second kappa shape index (κ2) is 8.49. The van der Waals surface area contributed by atoms with Gasteiger partial charge in [-0.3, -0.25) is 4.98 Å². The lowest BCUT2D eigenvalue weighted by atomic mass is 10.2. The first-order chi connectivity index (χ1) is 11.5. The summed E-state index contributed by atoms with van der Waals surface area (Å²) in [5, 5.41) is 6.44. The molecule has 0 aliphatic heterocycles. The molecule has 0 unspecified atom stereocenters. The Hall–Kier alpha value is -2.35. The molecule has 0 saturated carbocycles. The van der Waals surface area contributed by atoms with E-state index in [-0.39, 0.29) is 0 Å². The first-order valence-electron chi connectivity index (χ1n) is 7.64. The molecule has 8 heteroatoms. The fourth-order valence-electron chi connectivity index (χ4n) is 2.10. The van der Waals surface area contributed by atoms with E-state index in [1.165, 1.54) is 12.3 Å². The van der Waals surface area contributed by atoms with Gasteiger partial charge in [-0.05, 0) is 49.7 Å². The first kappa shape index (κ1) is 18.0. The van der Waals surface area contributed by atoms with Crippen molar-refractivity contribution < 1.29 is 13.2 Å². The van der Waals surface area contributed by atoms with Crippen molar-refractivity contribution in [3.05, 3.63) is 47.9 Å². The number of aromatic nitrogens is 2. The molecule has 2 heterocycles. The third-order valence-electron chi connectivity index (χ3n) is 3.39. The van der Waals surface area contributed by atoms with Crippen LogP contribution < -0.4 is 16.4 Å². The summed E-state index contributed by atoms with van der Waals surface area (Å²) in [6, 6.07) is 6.16. The number of hydrogen-bond acceptors (Lipinski definition) is 5. The minimum Gasteiger partial charge on any atom is -0.382 e. The molecule has 0 saturated heterocycles. The maximum absolute atomic E-state index is 12.4. The van der Waals surface area contributed by atoms with Crippen LogP contribution in [0.3, 0.4) is 0 Å². The maximum Gasteiger partial charge on any atom is 0.433 e. The van der Waals surface area contributed by atoms with Gasteiger partial charge in [0, 0.05) is 18.9 Å². The summed E-state index contributed by atoms with van der Waals surface area (Å²) in [4.78, 5) is 7.43. The first-order valence-corrected chi connectivity index (χ1v) is 7.64. The van der Waals surface area contributed by atoms with Crippen LogP contribution in [0.15, 0.2) is 36.7 Å². The summed E-state index contributed by atoms with van der Waals surface area (Å²) in [5.41, 5.74) is 6.45. The number of nitrogens with one attached hydrogen (secondary N) is 2. The van der Waals surface area contributed by atoms with E-state index < -0.39 is 11.9 Å². The average Bonchev–Trinajstić information content (AvgIpc) is 2.55. The number of nitrogen functional groups attached to an aromatic ring is 1. The van der Waals surface area contributed by atoms with E-state index >= 15 is 0 Å². The van der Waals surface area contributed by atoms with Gasteiger partial charge in [0.15, 0.2) is 0 Å². The lowest BCUT2D eigenvalue weighted by molar-refractivity contribution is -0.141. The SMILES string of the molecule is Nc1ncccc1NCCCNCCc1ccc(C(F)(F)F)nc1. The quantitative estimate of drug-likeness (QED) is 0.645. The molecular formula is C16H20F3N5. The highest BCUT2D eigenvalue weighted by Gasteiger charge is 2.31. The Bertz CT molecular complexity index is 628. The maximum atomic E-state index is 12.4. The Labute approximate surface area is 138 Å². The van der Waals surface area contributed by atoms with Crippen LogP contribution >= 0.6 is 0 Å². The molecule has 0 aliphatic rings. The van der Waals surface area contributed by atoms with Crippen molar-refractivity contribution in [1.29, 1.82) is 0 Å². The standard InChI is InChI=1S/C16H20F3N5/c17-16(18,19)14-5-4-12(11-24-14)6-10-21-7-2-9-22-13-3-1-8-23-15(13)20/h1,3-5,8,11,21-22H,2,6-7,9-10H2,(H2,20,23). The summed E-state index contributed by atoms with van der Waals surface area (Å²) >= 11 is 0. The third-order valence-corrected chi connectivity index (χ3v) is 3.39. The number of alkyl halides is 3. The van der Waals surface area contributed by atoms with Crippen molar-refractivity contribution in [3.63, 3.8) is 0 Å². The molecule has 24 heavy (non-hydrogen) atoms. The Morgan fingerprint density at radius 3 is 2.54 bits per heavy atom. The van der Waals surface area contributed by atoms with Gasteiger partial charge in [0.25, 0.3) is 0 Å². The summed E-state index contributed by atoms with van der Waals surface area (Å²) in [6.07, 6.45) is 0.0462. The number of nitrogens with zero attached hydrogens (tertiary/aromatic N) is 2. The topological polar surface area (TPSA) is 75.9 Å². The monoisotopic (exact) mass is 339 g/mol. The van der Waals surface area contributed by atoms with Crippen LogP contribution in [0.4, 0.5) is 24.7 Å². The molecule has 0 amide bonds. The Balaban J connectivity index is 1.59. The van der Waals surface area contributed by atoms with Crippen molar-refractivity contribution in [3.8, 4) is 0 Å². The van der Waals surface area contributed by atoms with Gasteiger partial charge in [0.05, 0.1) is 5.69 Å². The molecule has 0 spiro atoms. The number of pyridine rings is 2. The molecule has 0 bridgehead atoms. The lowest BCUT2D eigenvalue weighted by Crippen LogP contribution is -2.21. The fraction of sp³-hybridized carbons (Fsp3) is 0.375. The normalized spacial score (nSPS) is 11.5. The minimum atomic E-state index is -4.39. The summed E-state index contributed by atoms with van der Waals surface area (Å²) in [5.74, 6) is 0.472. The van der Waals surface area contributed by atoms with Gasteiger partial charge < -0.3 is 16.4 Å². The highest BCUT2D eigenvalue weighted by molar-refractivity contribution is 5.60. The van der Waals surface area contributed by atoms with Crippen LogP contribution in [0, 0.1) is 0 Å². The molecule has 0 radical (unpaired) electrons. The molecule has 0 aliphatic carbocycles. The zero-order valence-electron chi connectivity index (χ0n) is 13.1. The molecule has 0 aromatic carbocycles. The zero-order valence-corrected chi connectivity index (χ0v) is 13.1. The fourth-order valence-corrected chi connectivity index (χ4v) is 2.10. The van der Waals surface area contributed by atoms with Crippen LogP contribution in [0.5, 0.6) is 0 Å². The Morgan fingerprint density at radius 2 is 1.88 bits per heavy atom. The second-order valence-electron chi connectivity index (χ2n) is 5.27. The second-order valence-corrected chi connectivity index (χ2v) is 5.27. The number of rotatable bonds is 8. The molecule has 2 aromatic rings. The van der Waals surface area contributed by atoms with Crippen molar-refractivity contribution in [2.24, 2.45) is 0 Å². The Kier molecular flexibility index (Phi) is 6.36. The predicted octanol–water partition coefficient (Wildman–Crippen LogP) is 2.71. The van der Waals surface area contributed by atoms with Gasteiger partial charge >= 0.3 is 6.18 Å². The number of hydrogen-bond donors (Lipinski definition) is 3. The van der Waals surface area contributed by atoms with Gasteiger partial charge in [-0.2, -0.15) is 13.2 Å². The van der Waals surface area contributed by atoms with Gasteiger partial charge in [0.1, 0.15) is 11.5 Å². The smallest absolute Gasteiger partial charge is 0.382 e. The van der Waals surface area contributed by atoms with E-state index in [1.54, 1.807) is 6.20 Å². The minimum absolute atomic E-state index is 0.472. The van der Waals surface area contributed by atoms with Crippen molar-refractivity contribution in [2.75, 3.05) is 30.7 Å². The van der Waals surface area contributed by atoms with E-state index in [0.717, 1.165) is 36.8 Å². The number of halogens is 3. The zero-order chi connectivity index (χ0) is 17.4. The van der Waals surface area contributed by atoms with Gasteiger partial charge in [-0.1, -0.05) is 6.07 Å². The highest BCUT2D eigenvalue weighted by atomic mass is 19.4. The van der Waals surface area contributed by atoms with Crippen LogP contribution in [0.1, 0.15) is 17.7 Å². The van der Waals surface area contributed by atoms with Gasteiger partial charge in [0.2, 0.25) is 0 Å². The molecule has 4 N–H and O–H groups in total. The van der Waals surface area contributed by atoms with Crippen molar-refractivity contribution in [2.45, 2.75) is 19.0 Å². The van der Waals surface area contributed by atoms with E-state index in [0.29, 0.717) is 18.8 Å². The molecular weight excluding hydrogens is 319 g/mol. The van der Waals surface area contributed by atoms with E-state index in [1.807, 2.05) is 12.1 Å². The number of anilines is 2. The van der Waals surface area contributed by atoms with Crippen LogP contribution in [-0.4, -0.2) is 29.6 Å². The molecule has 0 atom stereocenters. The van der Waals surface area contributed by atoms with Crippen LogP contribution in [0.25, 0.3) is 0 Å². The Morgan fingerprint density at radius 1 is 1.04 bits per heavy atom. The summed E-state index contributed by atoms with van der Waals surface area (Å²) in [7, 11) is 0. The molecule has 0 fully saturated rings. The largest absolute Gasteiger partial charge is 0.433 e. The van der Waals surface area contributed by atoms with E-state index in [4.69, 9.17) is 5.73 Å². The molecule has 2 rings (SSSR count). The van der Waals surface area contributed by atoms with Crippen molar-refractivity contribution in [1.82, 2.24) is 15.3 Å². The van der Waals surface area contributed by atoms with Crippen LogP contribution in [-0.2, 0) is 12.6 Å². The molecule has 130 valence electrons. The van der Waals surface area contributed by atoms with E-state index in [9.17, 15) is 13.2 Å². The van der Waals surface area contributed by atoms with Crippen molar-refractivity contribution >= 4 is 11.5 Å².